The third kappa shape index (κ3) is 13.6. The molecule has 7 heterocycles. The molecule has 137 heavy (non-hydrogen) atoms. The number of nitrogens with zero attached hydrogens (tertiary/aromatic N) is 7. The van der Waals surface area contributed by atoms with Gasteiger partial charge in [-0.3, -0.25) is 37.8 Å². The standard InChI is InChI=1S/C121H99N7O9/c1-4-7-10-13-14-15-16-17-18-23-34-70-45-60-92-97(63-70)128-115(122-92)88-66-98(134-76-37-26-19-27-38-76)108-110-100(136-78-41-30-21-31-42-78)68-90-107-89(67-99(135-77-39-28-20-29-40-77)109(113(107)110)111-101(137-79-43-32-22-33-44-79)69-91(121(128)133)106(88)112(108)111)116-124-94-65-74(49-62-96(94)127(116)120(90)132)73-48-61-95-93(64-73)123-114-84-56-52-80-82-54-58-86-105-87(59-55-83(103(82)105)81-53-57-85(104(84)102(80)81)119(131)126(95)114)118(130)125(117(86)129)75-50-46-72(47-51-75)71(35-24-11-8-5-2)36-25-12-9-6-3/h19-22,26-33,37-69,71,95,114H,4-18,23-25,34-36H2,1-3H3. The van der Waals surface area contributed by atoms with Crippen LogP contribution in [0.2, 0.25) is 0 Å². The average Bonchev–Trinajstić information content (AvgIpc) is 1.63. The molecule has 1 aliphatic carbocycles. The number of imidazole rings is 2. The lowest BCUT2D eigenvalue weighted by Crippen LogP contribution is -2.42. The van der Waals surface area contributed by atoms with E-state index in [2.05, 4.69) is 81.5 Å². The van der Waals surface area contributed by atoms with E-state index in [1.54, 1.807) is 8.80 Å². The Hall–Kier alpha value is -15.4. The summed E-state index contributed by atoms with van der Waals surface area (Å²) >= 11 is 0. The molecule has 0 saturated heterocycles. The van der Waals surface area contributed by atoms with Gasteiger partial charge in [0, 0.05) is 86.9 Å². The van der Waals surface area contributed by atoms with Gasteiger partial charge in [0.05, 0.1) is 50.3 Å². The van der Waals surface area contributed by atoms with Gasteiger partial charge in [-0.15, -0.1) is 0 Å². The number of hydrogen-bond donors (Lipinski definition) is 0. The molecule has 2 unspecified atom stereocenters. The minimum atomic E-state index is -0.649. The van der Waals surface area contributed by atoms with Crippen molar-refractivity contribution in [2.75, 3.05) is 4.90 Å². The summed E-state index contributed by atoms with van der Waals surface area (Å²) in [6, 6.07) is 82.4. The number of rotatable bonds is 32. The van der Waals surface area contributed by atoms with Crippen LogP contribution in [0, 0.1) is 0 Å². The second-order valence-corrected chi connectivity index (χ2v) is 38.1. The second kappa shape index (κ2) is 33.9. The van der Waals surface area contributed by atoms with Crippen LogP contribution in [0.25, 0.3) is 147 Å². The Morgan fingerprint density at radius 3 is 1.29 bits per heavy atom. The maximum Gasteiger partial charge on any atom is 0.265 e. The quantitative estimate of drug-likeness (QED) is 0.0170. The van der Waals surface area contributed by atoms with Gasteiger partial charge in [-0.1, -0.05) is 269 Å². The van der Waals surface area contributed by atoms with Crippen LogP contribution in [-0.4, -0.2) is 53.1 Å². The van der Waals surface area contributed by atoms with E-state index >= 15 is 24.0 Å². The Morgan fingerprint density at radius 2 is 0.788 bits per heavy atom. The number of aromatic nitrogens is 4. The van der Waals surface area contributed by atoms with Crippen molar-refractivity contribution in [1.82, 2.24) is 23.7 Å². The molecule has 3 aliphatic heterocycles. The number of ether oxygens (including phenoxy) is 4. The first-order valence-corrected chi connectivity index (χ1v) is 49.4. The summed E-state index contributed by atoms with van der Waals surface area (Å²) < 4.78 is 33.1. The van der Waals surface area contributed by atoms with Gasteiger partial charge in [-0.05, 0) is 220 Å². The fraction of sp³-hybridized carbons (Fsp3) is 0.223. The van der Waals surface area contributed by atoms with E-state index in [1.807, 2.05) is 217 Å². The minimum absolute atomic E-state index is 0.133. The molecular weight excluding hydrogens is 1700 g/mol. The fourth-order valence-corrected chi connectivity index (χ4v) is 23.3. The smallest absolute Gasteiger partial charge is 0.265 e. The van der Waals surface area contributed by atoms with Crippen molar-refractivity contribution in [3.05, 3.63) is 333 Å². The predicted octanol–water partition coefficient (Wildman–Crippen LogP) is 30.7. The molecule has 21 aromatic rings. The molecule has 0 spiro atoms. The average molecular weight is 1800 g/mol. The van der Waals surface area contributed by atoms with E-state index in [1.165, 1.54) is 113 Å². The van der Waals surface area contributed by atoms with Gasteiger partial charge in [0.1, 0.15) is 57.3 Å². The van der Waals surface area contributed by atoms with Crippen molar-refractivity contribution in [3.63, 3.8) is 0 Å². The van der Waals surface area contributed by atoms with Gasteiger partial charge in [0.2, 0.25) is 0 Å². The van der Waals surface area contributed by atoms with Crippen LogP contribution < -0.4 is 35.0 Å². The summed E-state index contributed by atoms with van der Waals surface area (Å²) in [5.74, 6) is 3.29. The molecule has 3 amide bonds. The number of benzene rings is 17. The Kier molecular flexibility index (Phi) is 20.6. The van der Waals surface area contributed by atoms with Gasteiger partial charge in [-0.2, -0.15) is 0 Å². The number of amides is 3. The number of aliphatic imine (C=N–C) groups is 1. The summed E-state index contributed by atoms with van der Waals surface area (Å²) in [5, 5.41) is 13.8. The summed E-state index contributed by atoms with van der Waals surface area (Å²) in [6.07, 6.45) is 30.7. The van der Waals surface area contributed by atoms with Crippen molar-refractivity contribution < 1.29 is 33.3 Å². The van der Waals surface area contributed by atoms with E-state index < -0.39 is 12.2 Å². The first-order chi connectivity index (χ1) is 67.4. The largest absolute Gasteiger partial charge is 0.457 e. The van der Waals surface area contributed by atoms with Gasteiger partial charge in [0.25, 0.3) is 28.8 Å². The van der Waals surface area contributed by atoms with Crippen LogP contribution in [-0.2, 0) is 6.42 Å². The summed E-state index contributed by atoms with van der Waals surface area (Å²) in [4.78, 5) is 98.5. The van der Waals surface area contributed by atoms with Crippen molar-refractivity contribution in [2.45, 2.75) is 174 Å². The van der Waals surface area contributed by atoms with Gasteiger partial charge in [-0.25, -0.2) is 14.9 Å². The number of aryl methyl sites for hydroxylation is 1. The van der Waals surface area contributed by atoms with Crippen LogP contribution in [0.3, 0.4) is 0 Å². The first kappa shape index (κ1) is 83.4. The number of hydrogen-bond acceptors (Lipinski definition) is 12. The Morgan fingerprint density at radius 1 is 0.350 bits per heavy atom. The number of para-hydroxylation sites is 4. The lowest BCUT2D eigenvalue weighted by atomic mass is 9.81. The third-order valence-electron chi connectivity index (χ3n) is 29.8. The highest BCUT2D eigenvalue weighted by atomic mass is 16.5. The number of carbonyl (C=O) groups excluding carboxylic acids is 3. The van der Waals surface area contributed by atoms with Crippen LogP contribution in [0.1, 0.15) is 215 Å². The highest BCUT2D eigenvalue weighted by Crippen LogP contribution is 2.59. The van der Waals surface area contributed by atoms with Gasteiger partial charge in [0.15, 0.2) is 6.17 Å². The van der Waals surface area contributed by atoms with E-state index in [4.69, 9.17) is 33.9 Å². The number of carbonyl (C=O) groups is 3. The van der Waals surface area contributed by atoms with Crippen molar-refractivity contribution in [3.8, 4) is 46.0 Å². The second-order valence-electron chi connectivity index (χ2n) is 38.1. The SMILES string of the molecule is CCCCCCCCCCCCc1ccc2nc3c4cc(Oc5ccccc5)c5c6c(Oc7ccccc7)cc7c(=O)n8c9ccc(C%10=CC%11=NC%12c%13ccc%14c%15ccc%16c%17c(ccc(c%18ccc(c%13c%18%14)C(=O)N%12C%11C=C%10)c%17%15)C(=O)N(c%10ccc(C(CCCCCC)CCCCCC)cc%10)C%16=O)cc9nc8c8cc(Oc9ccccc9)c(c9c(Oc%10ccccc%10)cc(c(=O)n3c2c1)c4c95)c6c78. The molecule has 0 bridgehead atoms. The van der Waals surface area contributed by atoms with Crippen molar-refractivity contribution in [2.24, 2.45) is 4.99 Å². The molecule has 4 aliphatic rings. The lowest BCUT2D eigenvalue weighted by Gasteiger charge is -2.35. The maximum atomic E-state index is 16.7. The van der Waals surface area contributed by atoms with Gasteiger partial charge >= 0.3 is 0 Å². The number of fused-ring (bicyclic) bond motifs is 16. The molecule has 0 N–H and O–H groups in total. The predicted molar refractivity (Wildman–Crippen MR) is 554 cm³/mol. The summed E-state index contributed by atoms with van der Waals surface area (Å²) in [7, 11) is 0. The lowest BCUT2D eigenvalue weighted by molar-refractivity contribution is 0.0691. The molecule has 0 fully saturated rings. The molecular formula is C121H99N7O9. The van der Waals surface area contributed by atoms with E-state index in [-0.39, 0.29) is 28.8 Å². The van der Waals surface area contributed by atoms with Gasteiger partial charge < -0.3 is 23.8 Å². The zero-order chi connectivity index (χ0) is 92.0. The topological polar surface area (TPSA) is 176 Å². The first-order valence-electron chi connectivity index (χ1n) is 49.4. The number of allylic oxidation sites excluding steroid dienone is 2. The summed E-state index contributed by atoms with van der Waals surface area (Å²) in [6.45, 7) is 6.76. The zero-order valence-electron chi connectivity index (χ0n) is 76.9. The molecule has 672 valence electrons. The molecule has 4 aromatic heterocycles. The van der Waals surface area contributed by atoms with Crippen LogP contribution in [0.4, 0.5) is 5.69 Å². The molecule has 2 atom stereocenters. The Balaban J connectivity index is 0.620. The Bertz CT molecular complexity index is 8650. The molecule has 0 saturated carbocycles. The summed E-state index contributed by atoms with van der Waals surface area (Å²) in [5.41, 5.74) is 10.6. The van der Waals surface area contributed by atoms with E-state index in [0.29, 0.717) is 172 Å². The van der Waals surface area contributed by atoms with Crippen LogP contribution >= 0.6 is 0 Å². The van der Waals surface area contributed by atoms with E-state index in [0.717, 1.165) is 103 Å². The highest BCUT2D eigenvalue weighted by Gasteiger charge is 2.46. The molecule has 17 aromatic carbocycles. The zero-order valence-corrected chi connectivity index (χ0v) is 76.9. The molecule has 16 nitrogen and oxygen atoms in total. The minimum Gasteiger partial charge on any atom is -0.457 e. The molecule has 16 heteroatoms. The normalized spacial score (nSPS) is 14.9. The van der Waals surface area contributed by atoms with Crippen LogP contribution in [0.15, 0.2) is 288 Å². The van der Waals surface area contributed by atoms with E-state index in [9.17, 15) is 0 Å². The van der Waals surface area contributed by atoms with Crippen molar-refractivity contribution >= 4 is 176 Å². The third-order valence-corrected chi connectivity index (χ3v) is 29.8. The number of unbranched alkanes of at least 4 members (excludes halogenated alkanes) is 15. The van der Waals surface area contributed by atoms with Crippen molar-refractivity contribution in [1.29, 1.82) is 0 Å². The molecule has 25 rings (SSSR count). The maximum absolute atomic E-state index is 16.7. The molecule has 0 radical (unpaired) electrons. The number of anilines is 1. The fourth-order valence-electron chi connectivity index (χ4n) is 23.3. The van der Waals surface area contributed by atoms with Crippen LogP contribution in [0.5, 0.6) is 46.0 Å². The number of imide groups is 1. The highest BCUT2D eigenvalue weighted by molar-refractivity contribution is 6.46. The number of pyridine rings is 2. The Labute approximate surface area is 790 Å². The monoisotopic (exact) mass is 1790 g/mol.